The maximum absolute atomic E-state index is 12.2. The number of fused-ring (bicyclic) bond motifs is 1. The molecule has 0 bridgehead atoms. The summed E-state index contributed by atoms with van der Waals surface area (Å²) in [6.07, 6.45) is 2.48. The highest BCUT2D eigenvalue weighted by Gasteiger charge is 2.26. The fourth-order valence-corrected chi connectivity index (χ4v) is 2.88. The summed E-state index contributed by atoms with van der Waals surface area (Å²) < 4.78 is 5.70. The van der Waals surface area contributed by atoms with Gasteiger partial charge in [-0.25, -0.2) is 4.98 Å². The topological polar surface area (TPSA) is 51.2 Å². The lowest BCUT2D eigenvalue weighted by molar-refractivity contribution is 0.102. The first kappa shape index (κ1) is 12.4. The van der Waals surface area contributed by atoms with Crippen molar-refractivity contribution in [2.75, 3.05) is 5.32 Å². The molecule has 1 aliphatic heterocycles. The van der Waals surface area contributed by atoms with Gasteiger partial charge in [-0.05, 0) is 19.1 Å². The SMILES string of the molecule is C[C@@H]1Cc2cc(Cl)cc(C(=O)Nc3nccs3)c2O1. The van der Waals surface area contributed by atoms with Crippen LogP contribution in [0.5, 0.6) is 5.75 Å². The number of benzene rings is 1. The predicted molar refractivity (Wildman–Crippen MR) is 75.3 cm³/mol. The minimum absolute atomic E-state index is 0.0693. The fourth-order valence-electron chi connectivity index (χ4n) is 2.11. The number of nitrogens with zero attached hydrogens (tertiary/aromatic N) is 1. The summed E-state index contributed by atoms with van der Waals surface area (Å²) in [5.41, 5.74) is 1.44. The minimum atomic E-state index is -0.247. The Labute approximate surface area is 119 Å². The molecule has 1 aliphatic rings. The molecule has 0 spiro atoms. The van der Waals surface area contributed by atoms with E-state index in [4.69, 9.17) is 16.3 Å². The Morgan fingerprint density at radius 1 is 1.58 bits per heavy atom. The van der Waals surface area contributed by atoms with E-state index in [1.807, 2.05) is 13.0 Å². The summed E-state index contributed by atoms with van der Waals surface area (Å²) in [6, 6.07) is 3.47. The van der Waals surface area contributed by atoms with Crippen molar-refractivity contribution in [1.29, 1.82) is 0 Å². The van der Waals surface area contributed by atoms with Gasteiger partial charge in [0.2, 0.25) is 0 Å². The number of hydrogen-bond acceptors (Lipinski definition) is 4. The molecule has 0 radical (unpaired) electrons. The van der Waals surface area contributed by atoms with Gasteiger partial charge in [0, 0.05) is 28.6 Å². The number of hydrogen-bond donors (Lipinski definition) is 1. The molecule has 1 N–H and O–H groups in total. The van der Waals surface area contributed by atoms with Crippen LogP contribution in [0.15, 0.2) is 23.7 Å². The second-order valence-corrected chi connectivity index (χ2v) is 5.70. The van der Waals surface area contributed by atoms with Gasteiger partial charge in [-0.1, -0.05) is 11.6 Å². The average molecular weight is 295 g/mol. The van der Waals surface area contributed by atoms with Crippen LogP contribution in [-0.4, -0.2) is 17.0 Å². The van der Waals surface area contributed by atoms with Crippen molar-refractivity contribution in [2.45, 2.75) is 19.4 Å². The third-order valence-corrected chi connectivity index (χ3v) is 3.76. The highest BCUT2D eigenvalue weighted by Crippen LogP contribution is 2.35. The van der Waals surface area contributed by atoms with Gasteiger partial charge >= 0.3 is 0 Å². The Morgan fingerprint density at radius 3 is 3.16 bits per heavy atom. The molecule has 0 fully saturated rings. The lowest BCUT2D eigenvalue weighted by Gasteiger charge is -2.09. The number of carbonyl (C=O) groups excluding carboxylic acids is 1. The molecule has 0 aliphatic carbocycles. The molecule has 3 rings (SSSR count). The van der Waals surface area contributed by atoms with Crippen molar-refractivity contribution < 1.29 is 9.53 Å². The fraction of sp³-hybridized carbons (Fsp3) is 0.231. The van der Waals surface area contributed by atoms with Gasteiger partial charge in [0.05, 0.1) is 5.56 Å². The van der Waals surface area contributed by atoms with Crippen molar-refractivity contribution in [3.63, 3.8) is 0 Å². The molecule has 0 unspecified atom stereocenters. The Kier molecular flexibility index (Phi) is 3.16. The molecular formula is C13H11ClN2O2S. The molecule has 4 nitrogen and oxygen atoms in total. The molecule has 98 valence electrons. The van der Waals surface area contributed by atoms with Crippen LogP contribution in [0, 0.1) is 0 Å². The van der Waals surface area contributed by atoms with Crippen molar-refractivity contribution in [1.82, 2.24) is 4.98 Å². The third kappa shape index (κ3) is 2.43. The quantitative estimate of drug-likeness (QED) is 0.924. The normalized spacial score (nSPS) is 16.8. The van der Waals surface area contributed by atoms with Crippen LogP contribution < -0.4 is 10.1 Å². The van der Waals surface area contributed by atoms with Crippen molar-refractivity contribution in [3.8, 4) is 5.75 Å². The van der Waals surface area contributed by atoms with E-state index in [0.717, 1.165) is 12.0 Å². The highest BCUT2D eigenvalue weighted by atomic mass is 35.5. The number of halogens is 1. The number of rotatable bonds is 2. The smallest absolute Gasteiger partial charge is 0.261 e. The van der Waals surface area contributed by atoms with Gasteiger partial charge < -0.3 is 4.74 Å². The number of carbonyl (C=O) groups is 1. The summed E-state index contributed by atoms with van der Waals surface area (Å²) in [5, 5.41) is 5.64. The van der Waals surface area contributed by atoms with E-state index in [0.29, 0.717) is 21.5 Å². The molecule has 1 amide bonds. The van der Waals surface area contributed by atoms with Gasteiger partial charge in [0.25, 0.3) is 5.91 Å². The molecule has 1 aromatic heterocycles. The molecule has 0 saturated heterocycles. The summed E-state index contributed by atoms with van der Waals surface area (Å²) in [6.45, 7) is 1.97. The summed E-state index contributed by atoms with van der Waals surface area (Å²) in [5.74, 6) is 0.383. The monoisotopic (exact) mass is 294 g/mol. The van der Waals surface area contributed by atoms with Crippen LogP contribution in [0.4, 0.5) is 5.13 Å². The van der Waals surface area contributed by atoms with E-state index in [-0.39, 0.29) is 12.0 Å². The Hall–Kier alpha value is -1.59. The van der Waals surface area contributed by atoms with Crippen LogP contribution in [0.1, 0.15) is 22.8 Å². The number of anilines is 1. The molecule has 2 heterocycles. The number of aromatic nitrogens is 1. The van der Waals surface area contributed by atoms with E-state index >= 15 is 0 Å². The second kappa shape index (κ2) is 4.83. The number of amides is 1. The first-order valence-corrected chi connectivity index (χ1v) is 7.09. The minimum Gasteiger partial charge on any atom is -0.489 e. The standard InChI is InChI=1S/C13H11ClN2O2S/c1-7-4-8-5-9(14)6-10(11(8)18-7)12(17)16-13-15-2-3-19-13/h2-3,5-7H,4H2,1H3,(H,15,16,17)/t7-/m1/s1. The number of ether oxygens (including phenoxy) is 1. The first-order valence-electron chi connectivity index (χ1n) is 5.83. The van der Waals surface area contributed by atoms with Gasteiger partial charge in [0.1, 0.15) is 11.9 Å². The number of thiazole rings is 1. The molecule has 19 heavy (non-hydrogen) atoms. The number of nitrogens with one attached hydrogen (secondary N) is 1. The van der Waals surface area contributed by atoms with Crippen molar-refractivity contribution in [2.24, 2.45) is 0 Å². The van der Waals surface area contributed by atoms with Crippen molar-refractivity contribution >= 4 is 34.0 Å². The van der Waals surface area contributed by atoms with E-state index in [1.165, 1.54) is 11.3 Å². The average Bonchev–Trinajstić information content (AvgIpc) is 2.96. The second-order valence-electron chi connectivity index (χ2n) is 4.37. The molecule has 6 heteroatoms. The van der Waals surface area contributed by atoms with Gasteiger partial charge in [-0.2, -0.15) is 0 Å². The lowest BCUT2D eigenvalue weighted by Crippen LogP contribution is -2.14. The summed E-state index contributed by atoms with van der Waals surface area (Å²) in [7, 11) is 0. The maximum atomic E-state index is 12.2. The Morgan fingerprint density at radius 2 is 2.42 bits per heavy atom. The zero-order valence-electron chi connectivity index (χ0n) is 10.1. The zero-order chi connectivity index (χ0) is 13.4. The molecular weight excluding hydrogens is 284 g/mol. The first-order chi connectivity index (χ1) is 9.13. The van der Waals surface area contributed by atoms with Crippen LogP contribution >= 0.6 is 22.9 Å². The van der Waals surface area contributed by atoms with E-state index in [2.05, 4.69) is 10.3 Å². The van der Waals surface area contributed by atoms with E-state index in [9.17, 15) is 4.79 Å². The van der Waals surface area contributed by atoms with Crippen molar-refractivity contribution in [3.05, 3.63) is 39.9 Å². The van der Waals surface area contributed by atoms with Gasteiger partial charge in [-0.3, -0.25) is 10.1 Å². The Balaban J connectivity index is 1.95. The largest absolute Gasteiger partial charge is 0.489 e. The summed E-state index contributed by atoms with van der Waals surface area (Å²) in [4.78, 5) is 16.3. The van der Waals surface area contributed by atoms with E-state index in [1.54, 1.807) is 17.6 Å². The van der Waals surface area contributed by atoms with Gasteiger partial charge in [0.15, 0.2) is 5.13 Å². The molecule has 1 atom stereocenters. The summed E-state index contributed by atoms with van der Waals surface area (Å²) >= 11 is 7.42. The van der Waals surface area contributed by atoms with Crippen LogP contribution in [0.2, 0.25) is 5.02 Å². The predicted octanol–water partition coefficient (Wildman–Crippen LogP) is 3.37. The molecule has 0 saturated carbocycles. The van der Waals surface area contributed by atoms with Gasteiger partial charge in [-0.15, -0.1) is 11.3 Å². The lowest BCUT2D eigenvalue weighted by atomic mass is 10.1. The van der Waals surface area contributed by atoms with Crippen LogP contribution in [-0.2, 0) is 6.42 Å². The molecule has 1 aromatic carbocycles. The van der Waals surface area contributed by atoms with Crippen LogP contribution in [0.25, 0.3) is 0 Å². The van der Waals surface area contributed by atoms with E-state index < -0.39 is 0 Å². The molecule has 2 aromatic rings. The highest BCUT2D eigenvalue weighted by molar-refractivity contribution is 7.13. The third-order valence-electron chi connectivity index (χ3n) is 2.85. The van der Waals surface area contributed by atoms with Crippen LogP contribution in [0.3, 0.4) is 0 Å². The maximum Gasteiger partial charge on any atom is 0.261 e. The Bertz CT molecular complexity index is 628. The zero-order valence-corrected chi connectivity index (χ0v) is 11.7.